The first-order valence-corrected chi connectivity index (χ1v) is 6.75. The van der Waals surface area contributed by atoms with Crippen molar-refractivity contribution in [3.05, 3.63) is 70.9 Å². The molecule has 104 valence electrons. The lowest BCUT2D eigenvalue weighted by Crippen LogP contribution is -1.98. The smallest absolute Gasteiger partial charge is 0.139 e. The van der Waals surface area contributed by atoms with Gasteiger partial charge in [-0.05, 0) is 24.6 Å². The Morgan fingerprint density at radius 3 is 2.90 bits per heavy atom. The van der Waals surface area contributed by atoms with Gasteiger partial charge in [0.05, 0.1) is 23.9 Å². The van der Waals surface area contributed by atoms with Gasteiger partial charge in [-0.3, -0.25) is 4.40 Å². The van der Waals surface area contributed by atoms with Crippen LogP contribution in [0.1, 0.15) is 22.5 Å². The first kappa shape index (κ1) is 13.3. The summed E-state index contributed by atoms with van der Waals surface area (Å²) in [7, 11) is 0. The molecular weight excluding hydrogens is 265 g/mol. The number of hydrogen-bond acceptors (Lipinski definition) is 2. The molecule has 0 unspecified atom stereocenters. The van der Waals surface area contributed by atoms with E-state index in [0.717, 1.165) is 17.0 Å². The van der Waals surface area contributed by atoms with Crippen LogP contribution in [-0.2, 0) is 12.8 Å². The number of hydrogen-bond donors (Lipinski definition) is 0. The average molecular weight is 279 g/mol. The van der Waals surface area contributed by atoms with Gasteiger partial charge in [0.15, 0.2) is 0 Å². The molecule has 0 aliphatic carbocycles. The Kier molecular flexibility index (Phi) is 3.41. The number of imidazole rings is 1. The maximum absolute atomic E-state index is 13.4. The lowest BCUT2D eigenvalue weighted by molar-refractivity contribution is 0.618. The van der Waals surface area contributed by atoms with Gasteiger partial charge in [-0.2, -0.15) is 5.26 Å². The molecule has 2 aromatic heterocycles. The van der Waals surface area contributed by atoms with E-state index in [2.05, 4.69) is 17.1 Å². The highest BCUT2D eigenvalue weighted by Gasteiger charge is 2.13. The molecule has 0 saturated carbocycles. The number of halogens is 1. The normalized spacial score (nSPS) is 10.7. The maximum atomic E-state index is 13.4. The molecule has 3 nitrogen and oxygen atoms in total. The van der Waals surface area contributed by atoms with E-state index in [1.54, 1.807) is 10.5 Å². The van der Waals surface area contributed by atoms with Crippen LogP contribution in [0.15, 0.2) is 42.6 Å². The van der Waals surface area contributed by atoms with E-state index in [9.17, 15) is 4.39 Å². The van der Waals surface area contributed by atoms with Crippen molar-refractivity contribution in [2.75, 3.05) is 0 Å². The Morgan fingerprint density at radius 2 is 2.14 bits per heavy atom. The molecule has 4 heteroatoms. The van der Waals surface area contributed by atoms with Crippen LogP contribution in [0.3, 0.4) is 0 Å². The van der Waals surface area contributed by atoms with Crippen LogP contribution >= 0.6 is 0 Å². The van der Waals surface area contributed by atoms with E-state index in [1.807, 2.05) is 25.1 Å². The molecule has 3 rings (SSSR count). The number of pyridine rings is 1. The zero-order valence-electron chi connectivity index (χ0n) is 11.7. The lowest BCUT2D eigenvalue weighted by Gasteiger charge is -2.03. The van der Waals surface area contributed by atoms with Crippen molar-refractivity contribution in [1.82, 2.24) is 9.38 Å². The fourth-order valence-corrected chi connectivity index (χ4v) is 2.54. The highest BCUT2D eigenvalue weighted by atomic mass is 19.1. The van der Waals surface area contributed by atoms with E-state index < -0.39 is 0 Å². The van der Waals surface area contributed by atoms with Gasteiger partial charge < -0.3 is 0 Å². The highest BCUT2D eigenvalue weighted by Crippen LogP contribution is 2.18. The minimum absolute atomic E-state index is 0.214. The monoisotopic (exact) mass is 279 g/mol. The number of aromatic nitrogens is 2. The lowest BCUT2D eigenvalue weighted by atomic mass is 10.1. The van der Waals surface area contributed by atoms with Gasteiger partial charge >= 0.3 is 0 Å². The van der Waals surface area contributed by atoms with Crippen molar-refractivity contribution in [2.24, 2.45) is 0 Å². The van der Waals surface area contributed by atoms with Gasteiger partial charge in [0.25, 0.3) is 0 Å². The van der Waals surface area contributed by atoms with Crippen LogP contribution in [-0.4, -0.2) is 9.38 Å². The fraction of sp³-hybridized carbons (Fsp3) is 0.176. The van der Waals surface area contributed by atoms with Crippen LogP contribution in [0.4, 0.5) is 4.39 Å². The summed E-state index contributed by atoms with van der Waals surface area (Å²) in [5.41, 5.74) is 4.58. The van der Waals surface area contributed by atoms with Crippen molar-refractivity contribution >= 4 is 5.65 Å². The van der Waals surface area contributed by atoms with E-state index in [4.69, 9.17) is 5.26 Å². The van der Waals surface area contributed by atoms with Gasteiger partial charge in [-0.1, -0.05) is 29.8 Å². The van der Waals surface area contributed by atoms with Crippen LogP contribution in [0.2, 0.25) is 0 Å². The Bertz CT molecular complexity index is 843. The molecule has 0 amide bonds. The summed E-state index contributed by atoms with van der Waals surface area (Å²) < 4.78 is 15.1. The molecule has 3 aromatic rings. The molecule has 1 aromatic carbocycles. The minimum atomic E-state index is -0.332. The Hall–Kier alpha value is -2.67. The number of rotatable bonds is 3. The van der Waals surface area contributed by atoms with E-state index >= 15 is 0 Å². The number of fused-ring (bicyclic) bond motifs is 1. The molecule has 0 aliphatic rings. The Morgan fingerprint density at radius 1 is 1.29 bits per heavy atom. The molecule has 2 heterocycles. The highest BCUT2D eigenvalue weighted by molar-refractivity contribution is 5.45. The first-order chi connectivity index (χ1) is 10.2. The SMILES string of the molecule is Cc1cccc(Cc2nc3ccc(F)cn3c2CC#N)c1. The van der Waals surface area contributed by atoms with Crippen LogP contribution in [0.5, 0.6) is 0 Å². The van der Waals surface area contributed by atoms with Gasteiger partial charge in [-0.25, -0.2) is 9.37 Å². The van der Waals surface area contributed by atoms with Crippen molar-refractivity contribution in [3.8, 4) is 6.07 Å². The van der Waals surface area contributed by atoms with Gasteiger partial charge in [0.2, 0.25) is 0 Å². The summed E-state index contributed by atoms with van der Waals surface area (Å²) >= 11 is 0. The summed E-state index contributed by atoms with van der Waals surface area (Å²) in [5.74, 6) is -0.332. The quantitative estimate of drug-likeness (QED) is 0.737. The summed E-state index contributed by atoms with van der Waals surface area (Å²) in [6.07, 6.45) is 2.24. The van der Waals surface area contributed by atoms with Gasteiger partial charge in [0.1, 0.15) is 11.5 Å². The molecule has 0 fully saturated rings. The van der Waals surface area contributed by atoms with Crippen LogP contribution in [0.25, 0.3) is 5.65 Å². The van der Waals surface area contributed by atoms with Crippen molar-refractivity contribution < 1.29 is 4.39 Å². The molecular formula is C17H14FN3. The molecule has 0 aliphatic heterocycles. The first-order valence-electron chi connectivity index (χ1n) is 6.75. The zero-order chi connectivity index (χ0) is 14.8. The van der Waals surface area contributed by atoms with Gasteiger partial charge in [-0.15, -0.1) is 0 Å². The number of nitrogens with zero attached hydrogens (tertiary/aromatic N) is 3. The summed E-state index contributed by atoms with van der Waals surface area (Å²) in [4.78, 5) is 4.54. The fourth-order valence-electron chi connectivity index (χ4n) is 2.54. The second-order valence-corrected chi connectivity index (χ2v) is 5.08. The number of nitriles is 1. The third-order valence-electron chi connectivity index (χ3n) is 3.46. The molecule has 0 bridgehead atoms. The van der Waals surface area contributed by atoms with E-state index in [1.165, 1.54) is 17.8 Å². The zero-order valence-corrected chi connectivity index (χ0v) is 11.7. The summed E-state index contributed by atoms with van der Waals surface area (Å²) in [6, 6.07) is 13.3. The molecule has 0 spiro atoms. The Balaban J connectivity index is 2.09. The number of benzene rings is 1. The van der Waals surface area contributed by atoms with E-state index in [0.29, 0.717) is 12.1 Å². The van der Waals surface area contributed by atoms with Crippen molar-refractivity contribution in [3.63, 3.8) is 0 Å². The number of aryl methyl sites for hydroxylation is 1. The van der Waals surface area contributed by atoms with Crippen molar-refractivity contribution in [1.29, 1.82) is 5.26 Å². The van der Waals surface area contributed by atoms with Crippen LogP contribution in [0, 0.1) is 24.1 Å². The molecule has 21 heavy (non-hydrogen) atoms. The van der Waals surface area contributed by atoms with Gasteiger partial charge in [0, 0.05) is 12.6 Å². The molecule has 0 atom stereocenters. The second-order valence-electron chi connectivity index (χ2n) is 5.08. The largest absolute Gasteiger partial charge is 0.300 e. The summed E-state index contributed by atoms with van der Waals surface area (Å²) in [6.45, 7) is 2.04. The molecule has 0 radical (unpaired) electrons. The molecule has 0 saturated heterocycles. The predicted octanol–water partition coefficient (Wildman–Crippen LogP) is 3.44. The Labute approximate surface area is 122 Å². The predicted molar refractivity (Wildman–Crippen MR) is 78.5 cm³/mol. The third-order valence-corrected chi connectivity index (χ3v) is 3.46. The molecule has 0 N–H and O–H groups in total. The maximum Gasteiger partial charge on any atom is 0.139 e. The van der Waals surface area contributed by atoms with Crippen molar-refractivity contribution in [2.45, 2.75) is 19.8 Å². The second kappa shape index (κ2) is 5.37. The summed E-state index contributed by atoms with van der Waals surface area (Å²) in [5, 5.41) is 9.02. The van der Waals surface area contributed by atoms with E-state index in [-0.39, 0.29) is 12.2 Å². The van der Waals surface area contributed by atoms with Crippen LogP contribution < -0.4 is 0 Å². The minimum Gasteiger partial charge on any atom is -0.300 e. The topological polar surface area (TPSA) is 41.1 Å². The average Bonchev–Trinajstić information content (AvgIpc) is 2.77. The standard InChI is InChI=1S/C17H14FN3/c1-12-3-2-4-13(9-12)10-15-16(7-8-19)21-11-14(18)5-6-17(21)20-15/h2-6,9,11H,7,10H2,1H3. The third kappa shape index (κ3) is 2.63.